The van der Waals surface area contributed by atoms with Gasteiger partial charge in [-0.1, -0.05) is 19.9 Å². The molecular formula is C12H18N2OS. The molecule has 2 atom stereocenters. The number of nitrogens with zero attached hydrogens (tertiary/aromatic N) is 1. The van der Waals surface area contributed by atoms with Gasteiger partial charge in [0.15, 0.2) is 0 Å². The summed E-state index contributed by atoms with van der Waals surface area (Å²) in [6.07, 6.45) is 1.96. The van der Waals surface area contributed by atoms with Gasteiger partial charge < -0.3 is 4.90 Å². The topological polar surface area (TPSA) is 32.3 Å². The lowest BCUT2D eigenvalue weighted by Gasteiger charge is -2.22. The Morgan fingerprint density at radius 2 is 2.31 bits per heavy atom. The van der Waals surface area contributed by atoms with Gasteiger partial charge >= 0.3 is 0 Å². The number of rotatable bonds is 4. The Kier molecular flexibility index (Phi) is 3.61. The van der Waals surface area contributed by atoms with Crippen LogP contribution in [0.3, 0.4) is 0 Å². The quantitative estimate of drug-likeness (QED) is 0.873. The van der Waals surface area contributed by atoms with Crippen molar-refractivity contribution in [2.75, 3.05) is 6.54 Å². The fourth-order valence-corrected chi connectivity index (χ4v) is 2.93. The van der Waals surface area contributed by atoms with Crippen molar-refractivity contribution >= 4 is 17.2 Å². The molecule has 1 N–H and O–H groups in total. The van der Waals surface area contributed by atoms with Crippen molar-refractivity contribution in [3.63, 3.8) is 0 Å². The molecule has 1 aromatic heterocycles. The van der Waals surface area contributed by atoms with Crippen LogP contribution in [-0.2, 0) is 4.79 Å². The molecule has 1 aliphatic rings. The molecule has 0 radical (unpaired) electrons. The monoisotopic (exact) mass is 238 g/mol. The molecule has 0 saturated carbocycles. The van der Waals surface area contributed by atoms with Crippen LogP contribution in [0.15, 0.2) is 17.5 Å². The Labute approximate surface area is 100 Å². The lowest BCUT2D eigenvalue weighted by molar-refractivity contribution is -0.130. The van der Waals surface area contributed by atoms with Crippen LogP contribution in [0.5, 0.6) is 0 Å². The molecule has 88 valence electrons. The van der Waals surface area contributed by atoms with E-state index < -0.39 is 0 Å². The van der Waals surface area contributed by atoms with Gasteiger partial charge in [-0.2, -0.15) is 0 Å². The third-order valence-corrected chi connectivity index (χ3v) is 3.86. The molecule has 1 fully saturated rings. The highest BCUT2D eigenvalue weighted by Crippen LogP contribution is 2.29. The second-order valence-electron chi connectivity index (χ2n) is 4.08. The van der Waals surface area contributed by atoms with Crippen molar-refractivity contribution < 1.29 is 4.79 Å². The maximum absolute atomic E-state index is 12.1. The minimum absolute atomic E-state index is 0.00125. The predicted molar refractivity (Wildman–Crippen MR) is 66.3 cm³/mol. The third-order valence-electron chi connectivity index (χ3n) is 2.94. The maximum Gasteiger partial charge on any atom is 0.241 e. The second kappa shape index (κ2) is 4.97. The van der Waals surface area contributed by atoms with E-state index in [-0.39, 0.29) is 18.1 Å². The predicted octanol–water partition coefficient (Wildman–Crippen LogP) is 2.37. The molecule has 0 spiro atoms. The fourth-order valence-electron chi connectivity index (χ4n) is 2.13. The highest BCUT2D eigenvalue weighted by atomic mass is 32.1. The van der Waals surface area contributed by atoms with Crippen molar-refractivity contribution in [1.82, 2.24) is 10.2 Å². The first-order valence-corrected chi connectivity index (χ1v) is 6.75. The van der Waals surface area contributed by atoms with E-state index in [1.165, 1.54) is 4.88 Å². The summed E-state index contributed by atoms with van der Waals surface area (Å²) in [4.78, 5) is 15.3. The highest BCUT2D eigenvalue weighted by molar-refractivity contribution is 7.10. The molecule has 2 unspecified atom stereocenters. The largest absolute Gasteiger partial charge is 0.321 e. The van der Waals surface area contributed by atoms with Crippen molar-refractivity contribution in [2.24, 2.45) is 0 Å². The molecule has 16 heavy (non-hydrogen) atoms. The van der Waals surface area contributed by atoms with Crippen molar-refractivity contribution in [3.05, 3.63) is 22.4 Å². The zero-order chi connectivity index (χ0) is 11.5. The first kappa shape index (κ1) is 11.6. The Morgan fingerprint density at radius 1 is 1.50 bits per heavy atom. The van der Waals surface area contributed by atoms with Gasteiger partial charge in [0, 0.05) is 11.4 Å². The van der Waals surface area contributed by atoms with E-state index in [2.05, 4.69) is 30.6 Å². The molecular weight excluding hydrogens is 220 g/mol. The zero-order valence-corrected chi connectivity index (χ0v) is 10.6. The molecule has 1 saturated heterocycles. The SMILES string of the molecule is CCCN1C(=O)C(CC)NC1c1cccs1. The summed E-state index contributed by atoms with van der Waals surface area (Å²) in [7, 11) is 0. The van der Waals surface area contributed by atoms with Gasteiger partial charge in [-0.05, 0) is 24.3 Å². The summed E-state index contributed by atoms with van der Waals surface area (Å²) in [5.41, 5.74) is 0. The Balaban J connectivity index is 2.20. The molecule has 0 aromatic carbocycles. The maximum atomic E-state index is 12.1. The normalized spacial score (nSPS) is 25.4. The molecule has 2 rings (SSSR count). The van der Waals surface area contributed by atoms with Crippen LogP contribution in [-0.4, -0.2) is 23.4 Å². The van der Waals surface area contributed by atoms with E-state index in [4.69, 9.17) is 0 Å². The first-order chi connectivity index (χ1) is 7.77. The second-order valence-corrected chi connectivity index (χ2v) is 5.06. The average molecular weight is 238 g/mol. The molecule has 1 aromatic rings. The molecule has 4 heteroatoms. The molecule has 1 aliphatic heterocycles. The molecule has 1 amide bonds. The average Bonchev–Trinajstić information content (AvgIpc) is 2.89. The van der Waals surface area contributed by atoms with E-state index in [0.29, 0.717) is 0 Å². The summed E-state index contributed by atoms with van der Waals surface area (Å²) in [5, 5.41) is 5.47. The Morgan fingerprint density at radius 3 is 2.88 bits per heavy atom. The number of amides is 1. The van der Waals surface area contributed by atoms with Gasteiger partial charge in [-0.15, -0.1) is 11.3 Å². The van der Waals surface area contributed by atoms with Gasteiger partial charge in [0.1, 0.15) is 6.17 Å². The number of nitrogens with one attached hydrogen (secondary N) is 1. The number of hydrogen-bond acceptors (Lipinski definition) is 3. The summed E-state index contributed by atoms with van der Waals surface area (Å²) < 4.78 is 0. The van der Waals surface area contributed by atoms with E-state index in [1.807, 2.05) is 11.0 Å². The van der Waals surface area contributed by atoms with Crippen LogP contribution in [0.2, 0.25) is 0 Å². The van der Waals surface area contributed by atoms with E-state index in [0.717, 1.165) is 19.4 Å². The van der Waals surface area contributed by atoms with Crippen LogP contribution in [0.1, 0.15) is 37.7 Å². The van der Waals surface area contributed by atoms with Crippen LogP contribution in [0.4, 0.5) is 0 Å². The summed E-state index contributed by atoms with van der Waals surface area (Å²) in [6.45, 7) is 5.00. The number of carbonyl (C=O) groups is 1. The van der Waals surface area contributed by atoms with Crippen LogP contribution < -0.4 is 5.32 Å². The first-order valence-electron chi connectivity index (χ1n) is 5.87. The summed E-state index contributed by atoms with van der Waals surface area (Å²) in [5.74, 6) is 0.253. The van der Waals surface area contributed by atoms with Crippen LogP contribution in [0.25, 0.3) is 0 Å². The van der Waals surface area contributed by atoms with Gasteiger partial charge in [0.05, 0.1) is 6.04 Å². The van der Waals surface area contributed by atoms with Gasteiger partial charge in [0.2, 0.25) is 5.91 Å². The molecule has 0 bridgehead atoms. The van der Waals surface area contributed by atoms with Gasteiger partial charge in [-0.3, -0.25) is 10.1 Å². The van der Waals surface area contributed by atoms with E-state index in [9.17, 15) is 4.79 Å². The van der Waals surface area contributed by atoms with Crippen LogP contribution in [0, 0.1) is 0 Å². The number of hydrogen-bond donors (Lipinski definition) is 1. The smallest absolute Gasteiger partial charge is 0.241 e. The van der Waals surface area contributed by atoms with Crippen molar-refractivity contribution in [1.29, 1.82) is 0 Å². The number of carbonyl (C=O) groups excluding carboxylic acids is 1. The molecule has 0 aliphatic carbocycles. The lowest BCUT2D eigenvalue weighted by atomic mass is 10.2. The van der Waals surface area contributed by atoms with Gasteiger partial charge in [0.25, 0.3) is 0 Å². The highest BCUT2D eigenvalue weighted by Gasteiger charge is 2.38. The third kappa shape index (κ3) is 1.99. The van der Waals surface area contributed by atoms with E-state index in [1.54, 1.807) is 11.3 Å². The van der Waals surface area contributed by atoms with Crippen molar-refractivity contribution in [3.8, 4) is 0 Å². The minimum atomic E-state index is -0.00125. The Hall–Kier alpha value is -0.870. The molecule has 3 nitrogen and oxygen atoms in total. The molecule has 2 heterocycles. The standard InChI is InChI=1S/C12H18N2OS/c1-3-7-14-11(10-6-5-8-16-10)13-9(4-2)12(14)15/h5-6,8-9,11,13H,3-4,7H2,1-2H3. The van der Waals surface area contributed by atoms with Crippen molar-refractivity contribution in [2.45, 2.75) is 38.9 Å². The summed E-state index contributed by atoms with van der Waals surface area (Å²) in [6, 6.07) is 4.13. The minimum Gasteiger partial charge on any atom is -0.321 e. The van der Waals surface area contributed by atoms with Gasteiger partial charge in [-0.25, -0.2) is 0 Å². The summed E-state index contributed by atoms with van der Waals surface area (Å²) >= 11 is 1.71. The Bertz CT molecular complexity index is 350. The fraction of sp³-hybridized carbons (Fsp3) is 0.583. The lowest BCUT2D eigenvalue weighted by Crippen LogP contribution is -2.31. The zero-order valence-electron chi connectivity index (χ0n) is 9.77. The van der Waals surface area contributed by atoms with E-state index >= 15 is 0 Å². The number of thiophene rings is 1. The van der Waals surface area contributed by atoms with Crippen LogP contribution >= 0.6 is 11.3 Å².